The van der Waals surface area contributed by atoms with Gasteiger partial charge in [-0.25, -0.2) is 0 Å². The number of allylic oxidation sites excluding steroid dienone is 2. The summed E-state index contributed by atoms with van der Waals surface area (Å²) in [6.45, 7) is 9.96. The van der Waals surface area contributed by atoms with Crippen LogP contribution in [-0.4, -0.2) is 17.3 Å². The normalized spacial score (nSPS) is 12.0. The van der Waals surface area contributed by atoms with Crippen molar-refractivity contribution >= 4 is 0 Å². The molecule has 0 saturated heterocycles. The van der Waals surface area contributed by atoms with Gasteiger partial charge in [0.15, 0.2) is 0 Å². The van der Waals surface area contributed by atoms with Gasteiger partial charge in [0.1, 0.15) is 11.4 Å². The highest BCUT2D eigenvalue weighted by atomic mass is 16.5. The molecule has 0 amide bonds. The molecule has 0 aliphatic heterocycles. The van der Waals surface area contributed by atoms with E-state index in [0.717, 1.165) is 12.8 Å². The minimum absolute atomic E-state index is 0.138. The summed E-state index contributed by atoms with van der Waals surface area (Å²) in [4.78, 5) is 0. The van der Waals surface area contributed by atoms with Crippen LogP contribution >= 0.6 is 0 Å². The highest BCUT2D eigenvalue weighted by molar-refractivity contribution is 5.08. The van der Waals surface area contributed by atoms with Crippen LogP contribution in [0.5, 0.6) is 0 Å². The van der Waals surface area contributed by atoms with Crippen molar-refractivity contribution in [2.24, 2.45) is 0 Å². The average molecular weight is 198 g/mol. The molecule has 1 N–H and O–H groups in total. The summed E-state index contributed by atoms with van der Waals surface area (Å²) in [5.41, 5.74) is -0.331. The number of unbranched alkanes of at least 4 members (excludes halogenated alkanes) is 1. The highest BCUT2D eigenvalue weighted by Crippen LogP contribution is 2.18. The van der Waals surface area contributed by atoms with Crippen LogP contribution in [0.25, 0.3) is 0 Å². The molecule has 0 aromatic heterocycles. The highest BCUT2D eigenvalue weighted by Gasteiger charge is 2.18. The van der Waals surface area contributed by atoms with E-state index in [2.05, 4.69) is 19.6 Å². The Kier molecular flexibility index (Phi) is 6.30. The molecule has 0 aliphatic rings. The lowest BCUT2D eigenvalue weighted by molar-refractivity contribution is 0.0207. The van der Waals surface area contributed by atoms with Gasteiger partial charge in [-0.3, -0.25) is 0 Å². The van der Waals surface area contributed by atoms with Crippen molar-refractivity contribution in [2.75, 3.05) is 6.61 Å². The van der Waals surface area contributed by atoms with E-state index < -0.39 is 0 Å². The molecule has 0 spiro atoms. The summed E-state index contributed by atoms with van der Waals surface area (Å²) < 4.78 is 5.58. The van der Waals surface area contributed by atoms with Crippen LogP contribution < -0.4 is 0 Å². The van der Waals surface area contributed by atoms with Gasteiger partial charge in [-0.2, -0.15) is 0 Å². The number of aliphatic hydroxyl groups excluding tert-OH is 1. The predicted molar refractivity (Wildman–Crippen MR) is 60.1 cm³/mol. The first-order chi connectivity index (χ1) is 6.52. The molecule has 0 unspecified atom stereocenters. The van der Waals surface area contributed by atoms with Crippen LogP contribution in [0.4, 0.5) is 0 Å². The van der Waals surface area contributed by atoms with E-state index in [0.29, 0.717) is 12.2 Å². The van der Waals surface area contributed by atoms with Crippen molar-refractivity contribution < 1.29 is 9.84 Å². The van der Waals surface area contributed by atoms with Crippen LogP contribution in [0, 0.1) is 0 Å². The second-order valence-corrected chi connectivity index (χ2v) is 3.99. The molecule has 0 radical (unpaired) electrons. The molecule has 0 atom stereocenters. The summed E-state index contributed by atoms with van der Waals surface area (Å²) in [5, 5.41) is 8.80. The largest absolute Gasteiger partial charge is 0.488 e. The quantitative estimate of drug-likeness (QED) is 0.503. The summed E-state index contributed by atoms with van der Waals surface area (Å²) in [5.74, 6) is 0.664. The van der Waals surface area contributed by atoms with Gasteiger partial charge in [0.05, 0.1) is 0 Å². The average Bonchev–Trinajstić information content (AvgIpc) is 2.03. The zero-order valence-corrected chi connectivity index (χ0v) is 9.55. The van der Waals surface area contributed by atoms with Gasteiger partial charge in [0, 0.05) is 13.0 Å². The Morgan fingerprint density at radius 2 is 2.14 bits per heavy atom. The van der Waals surface area contributed by atoms with Crippen LogP contribution in [0.3, 0.4) is 0 Å². The topological polar surface area (TPSA) is 29.5 Å². The fourth-order valence-corrected chi connectivity index (χ4v) is 1.09. The van der Waals surface area contributed by atoms with Crippen molar-refractivity contribution in [1.29, 1.82) is 0 Å². The predicted octanol–water partition coefficient (Wildman–Crippen LogP) is 3.03. The Balaban J connectivity index is 3.92. The van der Waals surface area contributed by atoms with Crippen molar-refractivity contribution in [2.45, 2.75) is 45.6 Å². The summed E-state index contributed by atoms with van der Waals surface area (Å²) in [7, 11) is 0. The van der Waals surface area contributed by atoms with E-state index in [-0.39, 0.29) is 12.2 Å². The van der Waals surface area contributed by atoms with Gasteiger partial charge in [-0.1, -0.05) is 26.0 Å². The van der Waals surface area contributed by atoms with E-state index in [4.69, 9.17) is 9.84 Å². The third kappa shape index (κ3) is 6.72. The van der Waals surface area contributed by atoms with Gasteiger partial charge < -0.3 is 9.84 Å². The second kappa shape index (κ2) is 6.66. The van der Waals surface area contributed by atoms with Gasteiger partial charge in [-0.05, 0) is 26.3 Å². The van der Waals surface area contributed by atoms with Crippen molar-refractivity contribution in [3.8, 4) is 0 Å². The van der Waals surface area contributed by atoms with E-state index in [1.165, 1.54) is 0 Å². The van der Waals surface area contributed by atoms with Gasteiger partial charge in [0.2, 0.25) is 0 Å². The fourth-order valence-electron chi connectivity index (χ4n) is 1.09. The first-order valence-electron chi connectivity index (χ1n) is 5.17. The molecule has 82 valence electrons. The van der Waals surface area contributed by atoms with Crippen LogP contribution in [0.1, 0.15) is 40.0 Å². The van der Waals surface area contributed by atoms with Gasteiger partial charge in [0.25, 0.3) is 0 Å². The Labute approximate surface area is 87.3 Å². The second-order valence-electron chi connectivity index (χ2n) is 3.99. The standard InChI is InChI=1S/C12H22O2/c1-5-6-7-8-11(2)14-12(3,4)9-10-13/h7-8,13H,2,5-6,9-10H2,1,3-4H3/b8-7-. The Morgan fingerprint density at radius 1 is 1.50 bits per heavy atom. The lowest BCUT2D eigenvalue weighted by atomic mass is 10.1. The van der Waals surface area contributed by atoms with E-state index in [1.54, 1.807) is 0 Å². The smallest absolute Gasteiger partial charge is 0.112 e. The molecule has 0 aromatic rings. The maximum Gasteiger partial charge on any atom is 0.112 e. The maximum atomic E-state index is 8.80. The van der Waals surface area contributed by atoms with E-state index in [9.17, 15) is 0 Å². The number of aliphatic hydroxyl groups is 1. The van der Waals surface area contributed by atoms with Crippen LogP contribution in [-0.2, 0) is 4.74 Å². The Bertz CT molecular complexity index is 192. The number of rotatable bonds is 7. The molecule has 2 nitrogen and oxygen atoms in total. The first kappa shape index (κ1) is 13.2. The third-order valence-electron chi connectivity index (χ3n) is 1.88. The molecule has 0 aliphatic carbocycles. The first-order valence-corrected chi connectivity index (χ1v) is 5.17. The Hall–Kier alpha value is -0.760. The van der Waals surface area contributed by atoms with Crippen LogP contribution in [0.15, 0.2) is 24.5 Å². The lowest BCUT2D eigenvalue weighted by Gasteiger charge is -2.25. The molecular weight excluding hydrogens is 176 g/mol. The van der Waals surface area contributed by atoms with Crippen LogP contribution in [0.2, 0.25) is 0 Å². The molecule has 0 heterocycles. The van der Waals surface area contributed by atoms with Gasteiger partial charge >= 0.3 is 0 Å². The lowest BCUT2D eigenvalue weighted by Crippen LogP contribution is -2.24. The zero-order chi connectivity index (χ0) is 11.0. The van der Waals surface area contributed by atoms with E-state index >= 15 is 0 Å². The van der Waals surface area contributed by atoms with E-state index in [1.807, 2.05) is 19.9 Å². The molecule has 0 aromatic carbocycles. The monoisotopic (exact) mass is 198 g/mol. The zero-order valence-electron chi connectivity index (χ0n) is 9.55. The number of hydrogen-bond acceptors (Lipinski definition) is 2. The molecule has 2 heteroatoms. The summed E-state index contributed by atoms with van der Waals surface area (Å²) in [6.07, 6.45) is 6.74. The molecule has 14 heavy (non-hydrogen) atoms. The minimum atomic E-state index is -0.331. The number of ether oxygens (including phenoxy) is 1. The van der Waals surface area contributed by atoms with Gasteiger partial charge in [-0.15, -0.1) is 0 Å². The molecule has 0 rings (SSSR count). The fraction of sp³-hybridized carbons (Fsp3) is 0.667. The summed E-state index contributed by atoms with van der Waals surface area (Å²) in [6, 6.07) is 0. The molecule has 0 fully saturated rings. The SMILES string of the molecule is C=C(/C=C\CCC)OC(C)(C)CCO. The molecular formula is C12H22O2. The molecule has 0 saturated carbocycles. The van der Waals surface area contributed by atoms with Crippen molar-refractivity contribution in [1.82, 2.24) is 0 Å². The summed E-state index contributed by atoms with van der Waals surface area (Å²) >= 11 is 0. The number of hydrogen-bond donors (Lipinski definition) is 1. The van der Waals surface area contributed by atoms with Crippen molar-refractivity contribution in [3.05, 3.63) is 24.5 Å². The third-order valence-corrected chi connectivity index (χ3v) is 1.88. The molecule has 0 bridgehead atoms. The minimum Gasteiger partial charge on any atom is -0.488 e. The Morgan fingerprint density at radius 3 is 2.64 bits per heavy atom. The maximum absolute atomic E-state index is 8.80. The van der Waals surface area contributed by atoms with Crippen molar-refractivity contribution in [3.63, 3.8) is 0 Å².